The van der Waals surface area contributed by atoms with Crippen LogP contribution in [0.2, 0.25) is 0 Å². The Labute approximate surface area is 119 Å². The molecule has 2 nitrogen and oxygen atoms in total. The van der Waals surface area contributed by atoms with Crippen LogP contribution in [-0.2, 0) is 11.2 Å². The molecule has 1 aromatic rings. The van der Waals surface area contributed by atoms with Gasteiger partial charge in [0.15, 0.2) is 0 Å². The Morgan fingerprint density at radius 1 is 1.33 bits per heavy atom. The van der Waals surface area contributed by atoms with Crippen molar-refractivity contribution in [3.63, 3.8) is 0 Å². The van der Waals surface area contributed by atoms with E-state index in [0.29, 0.717) is 12.0 Å². The van der Waals surface area contributed by atoms with Crippen molar-refractivity contribution in [2.75, 3.05) is 13.7 Å². The van der Waals surface area contributed by atoms with E-state index < -0.39 is 0 Å². The summed E-state index contributed by atoms with van der Waals surface area (Å²) in [7, 11) is 2.01. The number of halogens is 1. The van der Waals surface area contributed by atoms with Crippen molar-refractivity contribution in [1.82, 2.24) is 5.32 Å². The van der Waals surface area contributed by atoms with Crippen molar-refractivity contribution in [3.05, 3.63) is 34.3 Å². The Bertz CT molecular complexity index is 354. The number of benzene rings is 1. The maximum absolute atomic E-state index is 5.88. The van der Waals surface area contributed by atoms with E-state index in [1.807, 2.05) is 7.05 Å². The van der Waals surface area contributed by atoms with E-state index in [0.717, 1.165) is 17.5 Å². The molecular formula is C15H24BrNO. The molecule has 1 rings (SSSR count). The summed E-state index contributed by atoms with van der Waals surface area (Å²) in [5.41, 5.74) is 1.33. The lowest BCUT2D eigenvalue weighted by Gasteiger charge is -2.30. The molecule has 0 aromatic heterocycles. The molecule has 1 N–H and O–H groups in total. The molecule has 0 saturated carbocycles. The molecule has 0 aliphatic carbocycles. The molecule has 2 unspecified atom stereocenters. The third-order valence-corrected chi connectivity index (χ3v) is 3.62. The lowest BCUT2D eigenvalue weighted by Crippen LogP contribution is -2.44. The predicted octanol–water partition coefficient (Wildman–Crippen LogP) is 3.64. The van der Waals surface area contributed by atoms with Crippen LogP contribution < -0.4 is 5.32 Å². The van der Waals surface area contributed by atoms with Crippen LogP contribution in [0.4, 0.5) is 0 Å². The Morgan fingerprint density at radius 2 is 2.06 bits per heavy atom. The van der Waals surface area contributed by atoms with Gasteiger partial charge in [-0.3, -0.25) is 0 Å². The highest BCUT2D eigenvalue weighted by molar-refractivity contribution is 9.10. The van der Waals surface area contributed by atoms with Gasteiger partial charge in [-0.2, -0.15) is 0 Å². The zero-order chi connectivity index (χ0) is 13.5. The van der Waals surface area contributed by atoms with Crippen LogP contribution in [0.25, 0.3) is 0 Å². The van der Waals surface area contributed by atoms with E-state index in [-0.39, 0.29) is 6.10 Å². The second kappa shape index (κ2) is 7.93. The first-order chi connectivity index (χ1) is 8.58. The van der Waals surface area contributed by atoms with Gasteiger partial charge in [0, 0.05) is 17.1 Å². The van der Waals surface area contributed by atoms with E-state index in [2.05, 4.69) is 66.3 Å². The molecule has 2 atom stereocenters. The van der Waals surface area contributed by atoms with Gasteiger partial charge in [0.05, 0.1) is 6.10 Å². The van der Waals surface area contributed by atoms with Crippen molar-refractivity contribution in [3.8, 4) is 0 Å². The molecule has 0 amide bonds. The highest BCUT2D eigenvalue weighted by atomic mass is 79.9. The minimum atomic E-state index is 0.249. The van der Waals surface area contributed by atoms with Gasteiger partial charge in [-0.25, -0.2) is 0 Å². The average molecular weight is 314 g/mol. The van der Waals surface area contributed by atoms with Gasteiger partial charge >= 0.3 is 0 Å². The minimum absolute atomic E-state index is 0.249. The van der Waals surface area contributed by atoms with Gasteiger partial charge in [-0.1, -0.05) is 41.9 Å². The van der Waals surface area contributed by atoms with E-state index in [9.17, 15) is 0 Å². The number of nitrogens with one attached hydrogen (secondary N) is 1. The van der Waals surface area contributed by atoms with Crippen LogP contribution in [0, 0.1) is 5.92 Å². The van der Waals surface area contributed by atoms with E-state index in [1.54, 1.807) is 0 Å². The number of hydrogen-bond donors (Lipinski definition) is 1. The monoisotopic (exact) mass is 313 g/mol. The van der Waals surface area contributed by atoms with Crippen molar-refractivity contribution in [1.29, 1.82) is 0 Å². The van der Waals surface area contributed by atoms with Crippen LogP contribution in [0.5, 0.6) is 0 Å². The zero-order valence-corrected chi connectivity index (χ0v) is 13.3. The summed E-state index contributed by atoms with van der Waals surface area (Å²) in [6, 6.07) is 8.82. The molecule has 18 heavy (non-hydrogen) atoms. The van der Waals surface area contributed by atoms with E-state index >= 15 is 0 Å². The summed E-state index contributed by atoms with van der Waals surface area (Å²) >= 11 is 3.52. The summed E-state index contributed by atoms with van der Waals surface area (Å²) in [5.74, 6) is 0.509. The normalized spacial score (nSPS) is 14.8. The van der Waals surface area contributed by atoms with Gasteiger partial charge in [-0.05, 0) is 44.0 Å². The fraction of sp³-hybridized carbons (Fsp3) is 0.600. The number of likely N-dealkylation sites (N-methyl/N-ethyl adjacent to an activating group) is 1. The summed E-state index contributed by atoms with van der Waals surface area (Å²) in [6.45, 7) is 7.25. The molecule has 0 heterocycles. The SMILES string of the molecule is CCOC(C(C)C)C(Cc1cccc(Br)c1)NC. The van der Waals surface area contributed by atoms with E-state index in [4.69, 9.17) is 4.74 Å². The molecule has 0 spiro atoms. The lowest BCUT2D eigenvalue weighted by atomic mass is 9.94. The first kappa shape index (κ1) is 15.7. The second-order valence-electron chi connectivity index (χ2n) is 4.89. The number of rotatable bonds is 7. The third kappa shape index (κ3) is 4.71. The predicted molar refractivity (Wildman–Crippen MR) is 80.9 cm³/mol. The fourth-order valence-corrected chi connectivity index (χ4v) is 2.71. The molecule has 0 aliphatic rings. The lowest BCUT2D eigenvalue weighted by molar-refractivity contribution is 0.00535. The van der Waals surface area contributed by atoms with Crippen LogP contribution in [0.3, 0.4) is 0 Å². The molecule has 3 heteroatoms. The van der Waals surface area contributed by atoms with Crippen LogP contribution >= 0.6 is 15.9 Å². The average Bonchev–Trinajstić information content (AvgIpc) is 2.33. The number of ether oxygens (including phenoxy) is 1. The van der Waals surface area contributed by atoms with E-state index in [1.165, 1.54) is 5.56 Å². The van der Waals surface area contributed by atoms with Crippen molar-refractivity contribution in [2.45, 2.75) is 39.3 Å². The molecule has 0 bridgehead atoms. The summed E-state index contributed by atoms with van der Waals surface area (Å²) in [5, 5.41) is 3.40. The summed E-state index contributed by atoms with van der Waals surface area (Å²) in [4.78, 5) is 0. The topological polar surface area (TPSA) is 21.3 Å². The minimum Gasteiger partial charge on any atom is -0.377 e. The standard InChI is InChI=1S/C15H24BrNO/c1-5-18-15(11(2)3)14(17-4)10-12-7-6-8-13(16)9-12/h6-9,11,14-15,17H,5,10H2,1-4H3. The first-order valence-electron chi connectivity index (χ1n) is 6.61. The Kier molecular flexibility index (Phi) is 6.90. The van der Waals surface area contributed by atoms with Crippen molar-refractivity contribution >= 4 is 15.9 Å². The molecule has 0 aliphatic heterocycles. The largest absolute Gasteiger partial charge is 0.377 e. The smallest absolute Gasteiger partial charge is 0.0753 e. The van der Waals surface area contributed by atoms with Crippen LogP contribution in [0.1, 0.15) is 26.3 Å². The van der Waals surface area contributed by atoms with Gasteiger partial charge in [0.2, 0.25) is 0 Å². The third-order valence-electron chi connectivity index (χ3n) is 3.13. The van der Waals surface area contributed by atoms with Crippen LogP contribution in [-0.4, -0.2) is 25.8 Å². The second-order valence-corrected chi connectivity index (χ2v) is 5.81. The molecule has 0 saturated heterocycles. The maximum atomic E-state index is 5.88. The quantitative estimate of drug-likeness (QED) is 0.829. The Balaban J connectivity index is 2.76. The highest BCUT2D eigenvalue weighted by Gasteiger charge is 2.23. The molecule has 1 aromatic carbocycles. The van der Waals surface area contributed by atoms with Gasteiger partial charge in [0.25, 0.3) is 0 Å². The fourth-order valence-electron chi connectivity index (χ4n) is 2.27. The van der Waals surface area contributed by atoms with Gasteiger partial charge in [-0.15, -0.1) is 0 Å². The number of hydrogen-bond acceptors (Lipinski definition) is 2. The highest BCUT2D eigenvalue weighted by Crippen LogP contribution is 2.18. The maximum Gasteiger partial charge on any atom is 0.0753 e. The van der Waals surface area contributed by atoms with Crippen LogP contribution in [0.15, 0.2) is 28.7 Å². The molecule has 102 valence electrons. The Hall–Kier alpha value is -0.380. The van der Waals surface area contributed by atoms with Gasteiger partial charge < -0.3 is 10.1 Å². The van der Waals surface area contributed by atoms with Crippen molar-refractivity contribution < 1.29 is 4.74 Å². The summed E-state index contributed by atoms with van der Waals surface area (Å²) in [6.07, 6.45) is 1.23. The summed E-state index contributed by atoms with van der Waals surface area (Å²) < 4.78 is 7.02. The molecular weight excluding hydrogens is 290 g/mol. The molecule has 0 radical (unpaired) electrons. The Morgan fingerprint density at radius 3 is 2.56 bits per heavy atom. The molecule has 0 fully saturated rings. The first-order valence-corrected chi connectivity index (χ1v) is 7.41. The zero-order valence-electron chi connectivity index (χ0n) is 11.7. The van der Waals surface area contributed by atoms with Gasteiger partial charge in [0.1, 0.15) is 0 Å². The van der Waals surface area contributed by atoms with Crippen molar-refractivity contribution in [2.24, 2.45) is 5.92 Å².